The zero-order valence-electron chi connectivity index (χ0n) is 36.4. The molecule has 8 rings (SSSR count). The Morgan fingerprint density at radius 1 is 0.457 bits per heavy atom. The van der Waals surface area contributed by atoms with Gasteiger partial charge in [-0.15, -0.1) is 20.5 Å². The second-order valence-electron chi connectivity index (χ2n) is 15.1. The van der Waals surface area contributed by atoms with Crippen LogP contribution < -0.4 is 20.9 Å². The Bertz CT molecular complexity index is 3610. The van der Waals surface area contributed by atoms with Crippen LogP contribution in [0.3, 0.4) is 0 Å². The van der Waals surface area contributed by atoms with Crippen molar-refractivity contribution in [3.05, 3.63) is 157 Å². The third-order valence-electron chi connectivity index (χ3n) is 10.3. The van der Waals surface area contributed by atoms with Crippen LogP contribution >= 0.6 is 0 Å². The molecule has 0 bridgehead atoms. The van der Waals surface area contributed by atoms with E-state index in [-0.39, 0.29) is 34.4 Å². The van der Waals surface area contributed by atoms with Gasteiger partial charge in [0.05, 0.1) is 34.1 Å². The second-order valence-corrected chi connectivity index (χ2v) is 21.1. The van der Waals surface area contributed by atoms with E-state index < -0.39 is 82.4 Å². The smallest absolute Gasteiger partial charge is 0.295 e. The maximum atomic E-state index is 13.9. The number of anilines is 4. The van der Waals surface area contributed by atoms with Crippen molar-refractivity contribution in [2.45, 2.75) is 33.4 Å². The number of aromatic nitrogens is 4. The fourth-order valence-corrected chi connectivity index (χ4v) is 10.9. The molecule has 0 aliphatic rings. The van der Waals surface area contributed by atoms with E-state index in [2.05, 4.69) is 40.1 Å². The zero-order chi connectivity index (χ0) is 50.2. The van der Waals surface area contributed by atoms with Gasteiger partial charge in [0.1, 0.15) is 31.0 Å². The summed E-state index contributed by atoms with van der Waals surface area (Å²) in [5.41, 5.74) is 12.9. The number of azo groups is 2. The molecule has 0 unspecified atom stereocenters. The van der Waals surface area contributed by atoms with E-state index in [1.54, 1.807) is 62.4 Å². The minimum absolute atomic E-state index is 0.129. The van der Waals surface area contributed by atoms with Crippen LogP contribution in [-0.2, 0) is 40.3 Å². The summed E-state index contributed by atoms with van der Waals surface area (Å²) in [7, 11) is -19.8. The van der Waals surface area contributed by atoms with Crippen LogP contribution in [0.1, 0.15) is 11.4 Å². The molecule has 0 aliphatic carbocycles. The molecule has 70 heavy (non-hydrogen) atoms. The van der Waals surface area contributed by atoms with Gasteiger partial charge >= 0.3 is 0 Å². The van der Waals surface area contributed by atoms with E-state index in [1.807, 2.05) is 12.1 Å². The van der Waals surface area contributed by atoms with Gasteiger partial charge in [-0.2, -0.15) is 27.0 Å². The van der Waals surface area contributed by atoms with Gasteiger partial charge in [0, 0.05) is 11.1 Å². The molecule has 2 aromatic heterocycles. The standard InChI is InChI=1S/C44H38N12O10S4/c1-27-41(43(45)55(51-27)31-13-5-3-6-14-31)49-47-35-17-9-11-19-37(35)67(57,58)53-29-21-23-33(39(25-29)69(61,62)63)34-24-22-30(26-40(34)70(64,65)66)54-68(59,60)38-20-12-10-18-36(38)48-50-42-28(2)52-56(44(42)46)32-15-7-4-8-16-32/h3-26,53-54H,45-46H2,1-2H3,(H,61,62,63)(H,64,65,66). The lowest BCUT2D eigenvalue weighted by atomic mass is 10.0. The van der Waals surface area contributed by atoms with Crippen molar-refractivity contribution in [3.8, 4) is 22.5 Å². The van der Waals surface area contributed by atoms with Crippen molar-refractivity contribution in [1.82, 2.24) is 19.6 Å². The van der Waals surface area contributed by atoms with Crippen molar-refractivity contribution in [2.75, 3.05) is 20.9 Å². The van der Waals surface area contributed by atoms with Crippen LogP contribution in [-0.4, -0.2) is 62.3 Å². The van der Waals surface area contributed by atoms with Crippen LogP contribution in [0.5, 0.6) is 0 Å². The van der Waals surface area contributed by atoms with Crippen molar-refractivity contribution in [2.24, 2.45) is 20.5 Å². The maximum Gasteiger partial charge on any atom is 0.295 e. The van der Waals surface area contributed by atoms with Gasteiger partial charge in [0.2, 0.25) is 0 Å². The number of aryl methyl sites for hydroxylation is 2. The van der Waals surface area contributed by atoms with Gasteiger partial charge in [-0.1, -0.05) is 72.8 Å². The molecule has 8 N–H and O–H groups in total. The third kappa shape index (κ3) is 10.0. The Kier molecular flexibility index (Phi) is 12.9. The molecule has 26 heteroatoms. The fourth-order valence-electron chi connectivity index (χ4n) is 7.06. The van der Waals surface area contributed by atoms with Crippen molar-refractivity contribution < 1.29 is 42.8 Å². The molecular weight excluding hydrogens is 985 g/mol. The number of rotatable bonds is 15. The third-order valence-corrected chi connectivity index (χ3v) is 14.9. The van der Waals surface area contributed by atoms with Gasteiger partial charge in [-0.25, -0.2) is 26.2 Å². The number of nitrogen functional groups attached to an aromatic ring is 2. The molecule has 0 spiro atoms. The summed E-state index contributed by atoms with van der Waals surface area (Å²) in [5.74, 6) is 0.257. The van der Waals surface area contributed by atoms with Gasteiger partial charge < -0.3 is 11.5 Å². The Labute approximate surface area is 400 Å². The fraction of sp³-hybridized carbons (Fsp3) is 0.0455. The highest BCUT2D eigenvalue weighted by Gasteiger charge is 2.28. The zero-order valence-corrected chi connectivity index (χ0v) is 39.6. The molecule has 2 heterocycles. The quantitative estimate of drug-likeness (QED) is 0.0415. The molecule has 0 saturated carbocycles. The Morgan fingerprint density at radius 3 is 1.16 bits per heavy atom. The van der Waals surface area contributed by atoms with E-state index in [0.717, 1.165) is 24.3 Å². The highest BCUT2D eigenvalue weighted by atomic mass is 32.2. The van der Waals surface area contributed by atoms with Crippen molar-refractivity contribution >= 4 is 86.0 Å². The number of sulfonamides is 2. The molecule has 0 amide bonds. The monoisotopic (exact) mass is 1020 g/mol. The topological polar surface area (TPSA) is 338 Å². The Balaban J connectivity index is 1.08. The predicted molar refractivity (Wildman–Crippen MR) is 260 cm³/mol. The van der Waals surface area contributed by atoms with Crippen LogP contribution in [0, 0.1) is 13.8 Å². The minimum atomic E-state index is -5.29. The maximum absolute atomic E-state index is 13.9. The van der Waals surface area contributed by atoms with E-state index in [9.17, 15) is 42.8 Å². The molecule has 358 valence electrons. The number of nitrogens with zero attached hydrogens (tertiary/aromatic N) is 8. The van der Waals surface area contributed by atoms with Crippen LogP contribution in [0.2, 0.25) is 0 Å². The van der Waals surface area contributed by atoms with E-state index in [1.165, 1.54) is 57.9 Å². The minimum Gasteiger partial charge on any atom is -0.382 e. The average Bonchev–Trinajstić information content (AvgIpc) is 3.78. The summed E-state index contributed by atoms with van der Waals surface area (Å²) in [5, 5.41) is 25.5. The van der Waals surface area contributed by atoms with E-state index in [0.29, 0.717) is 34.9 Å². The van der Waals surface area contributed by atoms with E-state index >= 15 is 0 Å². The highest BCUT2D eigenvalue weighted by Crippen LogP contribution is 2.39. The first kappa shape index (κ1) is 48.3. The number of hydrogen-bond acceptors (Lipinski definition) is 16. The summed E-state index contributed by atoms with van der Waals surface area (Å²) < 4.78 is 135. The molecular formula is C44H38N12O10S4. The van der Waals surface area contributed by atoms with Gasteiger partial charge in [-0.05, 0) is 86.6 Å². The highest BCUT2D eigenvalue weighted by molar-refractivity contribution is 7.93. The molecule has 0 radical (unpaired) electrons. The first-order valence-corrected chi connectivity index (χ1v) is 26.1. The summed E-state index contributed by atoms with van der Waals surface area (Å²) >= 11 is 0. The molecule has 22 nitrogen and oxygen atoms in total. The number of nitrogens with two attached hydrogens (primary N) is 2. The van der Waals surface area contributed by atoms with Crippen molar-refractivity contribution in [3.63, 3.8) is 0 Å². The largest absolute Gasteiger partial charge is 0.382 e. The molecule has 0 fully saturated rings. The summed E-state index contributed by atoms with van der Waals surface area (Å²) in [4.78, 5) is -2.80. The Hall–Kier alpha value is -8.14. The number of benzene rings is 6. The molecule has 0 saturated heterocycles. The molecule has 6 aromatic carbocycles. The number of hydrogen-bond donors (Lipinski definition) is 6. The lowest BCUT2D eigenvalue weighted by Crippen LogP contribution is -2.14. The first-order valence-electron chi connectivity index (χ1n) is 20.2. The van der Waals surface area contributed by atoms with Crippen LogP contribution in [0.4, 0.5) is 45.8 Å². The van der Waals surface area contributed by atoms with E-state index in [4.69, 9.17) is 11.5 Å². The lowest BCUT2D eigenvalue weighted by Gasteiger charge is -2.16. The first-order chi connectivity index (χ1) is 33.1. The van der Waals surface area contributed by atoms with Crippen LogP contribution in [0.25, 0.3) is 22.5 Å². The lowest BCUT2D eigenvalue weighted by molar-refractivity contribution is 0.480. The van der Waals surface area contributed by atoms with Crippen molar-refractivity contribution in [1.29, 1.82) is 0 Å². The summed E-state index contributed by atoms with van der Waals surface area (Å²) in [6.07, 6.45) is 0. The number of nitrogens with one attached hydrogen (secondary N) is 2. The second kappa shape index (κ2) is 18.7. The molecule has 0 atom stereocenters. The van der Waals surface area contributed by atoms with Gasteiger partial charge in [-0.3, -0.25) is 18.5 Å². The SMILES string of the molecule is Cc1nn(-c2ccccc2)c(N)c1N=Nc1ccccc1S(=O)(=O)Nc1ccc(-c2ccc(NS(=O)(=O)c3ccccc3N=Nc3c(C)nn(-c4ccccc4)c3N)cc2S(=O)(=O)O)c(S(=O)(=O)O)c1. The predicted octanol–water partition coefficient (Wildman–Crippen LogP) is 8.43. The normalized spacial score (nSPS) is 12.5. The Morgan fingerprint density at radius 2 is 0.800 bits per heavy atom. The van der Waals surface area contributed by atoms with Gasteiger partial charge in [0.15, 0.2) is 23.0 Å². The molecule has 8 aromatic rings. The average molecular weight is 1020 g/mol. The number of para-hydroxylation sites is 2. The van der Waals surface area contributed by atoms with Gasteiger partial charge in [0.25, 0.3) is 40.3 Å². The summed E-state index contributed by atoms with van der Waals surface area (Å²) in [6, 6.07) is 34.3. The van der Waals surface area contributed by atoms with Crippen LogP contribution in [0.15, 0.2) is 186 Å². The summed E-state index contributed by atoms with van der Waals surface area (Å²) in [6.45, 7) is 3.28. The molecule has 0 aliphatic heterocycles.